The van der Waals surface area contributed by atoms with Crippen LogP contribution in [-0.2, 0) is 9.47 Å². The summed E-state index contributed by atoms with van der Waals surface area (Å²) in [6.07, 6.45) is 15.5. The SMILES string of the molecule is C[C@]12CC[C@H](O[C@H]3CCCCO3)C[C@@H]1CC[C@H]1[C@H]2CC[C@@]2(C)[C@@H]1CC[C@@H]2O. The maximum absolute atomic E-state index is 10.6. The lowest BCUT2D eigenvalue weighted by Crippen LogP contribution is -2.54. The first-order valence-corrected chi connectivity index (χ1v) is 12.0. The number of aliphatic hydroxyl groups excluding tert-OH is 1. The van der Waals surface area contributed by atoms with Gasteiger partial charge >= 0.3 is 0 Å². The van der Waals surface area contributed by atoms with Gasteiger partial charge in [-0.2, -0.15) is 0 Å². The molecular weight excluding hydrogens is 336 g/mol. The molecule has 0 spiro atoms. The fourth-order valence-electron chi connectivity index (χ4n) is 8.35. The second-order valence-corrected chi connectivity index (χ2v) is 11.1. The van der Waals surface area contributed by atoms with Crippen LogP contribution in [0, 0.1) is 34.5 Å². The molecule has 5 fully saturated rings. The van der Waals surface area contributed by atoms with Gasteiger partial charge < -0.3 is 14.6 Å². The van der Waals surface area contributed by atoms with E-state index in [1.165, 1.54) is 64.2 Å². The molecule has 9 atom stereocenters. The molecule has 1 heterocycles. The summed E-state index contributed by atoms with van der Waals surface area (Å²) in [5.74, 6) is 3.35. The average molecular weight is 377 g/mol. The highest BCUT2D eigenvalue weighted by Crippen LogP contribution is 2.66. The van der Waals surface area contributed by atoms with Crippen LogP contribution in [0.25, 0.3) is 0 Å². The molecule has 0 aromatic carbocycles. The largest absolute Gasteiger partial charge is 0.393 e. The lowest BCUT2D eigenvalue weighted by molar-refractivity contribution is -0.212. The Hall–Kier alpha value is -0.120. The molecule has 5 rings (SSSR count). The summed E-state index contributed by atoms with van der Waals surface area (Å²) in [5, 5.41) is 10.6. The van der Waals surface area contributed by atoms with Gasteiger partial charge in [0.25, 0.3) is 0 Å². The standard InChI is InChI=1S/C24H40O3/c1-23-12-10-17(27-22-5-3-4-14-26-22)15-16(23)6-7-18-19-8-9-21(25)24(19,2)13-11-20(18)23/h16-22,25H,3-15H2,1-2H3/t16-,17-,18+,19+,20+,21-,22-,23-,24-/m0/s1. The fourth-order valence-corrected chi connectivity index (χ4v) is 8.35. The lowest BCUT2D eigenvalue weighted by Gasteiger charge is -2.61. The number of fused-ring (bicyclic) bond motifs is 5. The third kappa shape index (κ3) is 3.02. The van der Waals surface area contributed by atoms with Gasteiger partial charge in [0.1, 0.15) is 0 Å². The van der Waals surface area contributed by atoms with E-state index in [-0.39, 0.29) is 17.8 Å². The summed E-state index contributed by atoms with van der Waals surface area (Å²) in [4.78, 5) is 0. The zero-order valence-corrected chi connectivity index (χ0v) is 17.5. The summed E-state index contributed by atoms with van der Waals surface area (Å²) < 4.78 is 12.3. The molecule has 5 aliphatic rings. The lowest BCUT2D eigenvalue weighted by atomic mass is 9.45. The van der Waals surface area contributed by atoms with Crippen molar-refractivity contribution in [2.24, 2.45) is 34.5 Å². The average Bonchev–Trinajstić information content (AvgIpc) is 2.98. The van der Waals surface area contributed by atoms with Gasteiger partial charge in [-0.05, 0) is 112 Å². The molecule has 4 aliphatic carbocycles. The molecule has 0 unspecified atom stereocenters. The van der Waals surface area contributed by atoms with Crippen molar-refractivity contribution in [3.05, 3.63) is 0 Å². The maximum Gasteiger partial charge on any atom is 0.157 e. The minimum Gasteiger partial charge on any atom is -0.393 e. The number of hydrogen-bond donors (Lipinski definition) is 1. The van der Waals surface area contributed by atoms with Crippen LogP contribution in [0.2, 0.25) is 0 Å². The van der Waals surface area contributed by atoms with Gasteiger partial charge in [-0.3, -0.25) is 0 Å². The van der Waals surface area contributed by atoms with E-state index in [1.807, 2.05) is 0 Å². The summed E-state index contributed by atoms with van der Waals surface area (Å²) in [6.45, 7) is 5.90. The Morgan fingerprint density at radius 3 is 2.48 bits per heavy atom. The molecule has 0 bridgehead atoms. The molecule has 0 aromatic heterocycles. The molecule has 1 aliphatic heterocycles. The van der Waals surface area contributed by atoms with Crippen LogP contribution in [0.4, 0.5) is 0 Å². The molecule has 27 heavy (non-hydrogen) atoms. The highest BCUT2D eigenvalue weighted by Gasteiger charge is 2.60. The Bertz CT molecular complexity index is 544. The molecular formula is C24H40O3. The first-order valence-electron chi connectivity index (χ1n) is 12.0. The topological polar surface area (TPSA) is 38.7 Å². The van der Waals surface area contributed by atoms with Crippen LogP contribution in [-0.4, -0.2) is 30.2 Å². The van der Waals surface area contributed by atoms with Gasteiger partial charge in [0.2, 0.25) is 0 Å². The highest BCUT2D eigenvalue weighted by molar-refractivity contribution is 5.09. The number of aliphatic hydroxyl groups is 1. The van der Waals surface area contributed by atoms with Gasteiger partial charge in [-0.1, -0.05) is 13.8 Å². The van der Waals surface area contributed by atoms with Crippen LogP contribution >= 0.6 is 0 Å². The van der Waals surface area contributed by atoms with Crippen molar-refractivity contribution < 1.29 is 14.6 Å². The van der Waals surface area contributed by atoms with E-state index in [4.69, 9.17) is 9.47 Å². The Morgan fingerprint density at radius 2 is 1.67 bits per heavy atom. The Balaban J connectivity index is 1.27. The van der Waals surface area contributed by atoms with Gasteiger partial charge in [-0.25, -0.2) is 0 Å². The van der Waals surface area contributed by atoms with Crippen molar-refractivity contribution in [3.63, 3.8) is 0 Å². The normalized spacial score (nSPS) is 55.4. The molecule has 0 amide bonds. The van der Waals surface area contributed by atoms with E-state index in [0.717, 1.165) is 43.1 Å². The molecule has 1 saturated heterocycles. The second-order valence-electron chi connectivity index (χ2n) is 11.1. The predicted molar refractivity (Wildman–Crippen MR) is 106 cm³/mol. The van der Waals surface area contributed by atoms with Crippen LogP contribution in [0.15, 0.2) is 0 Å². The molecule has 154 valence electrons. The number of hydrogen-bond acceptors (Lipinski definition) is 3. The van der Waals surface area contributed by atoms with Crippen molar-refractivity contribution in [1.82, 2.24) is 0 Å². The summed E-state index contributed by atoms with van der Waals surface area (Å²) in [7, 11) is 0. The predicted octanol–water partition coefficient (Wildman–Crippen LogP) is 5.30. The molecule has 1 N–H and O–H groups in total. The first-order chi connectivity index (χ1) is 13.0. The van der Waals surface area contributed by atoms with Gasteiger partial charge in [0, 0.05) is 6.61 Å². The van der Waals surface area contributed by atoms with Gasteiger partial charge in [0.15, 0.2) is 6.29 Å². The van der Waals surface area contributed by atoms with Crippen molar-refractivity contribution in [2.75, 3.05) is 6.61 Å². The Morgan fingerprint density at radius 1 is 0.852 bits per heavy atom. The zero-order chi connectivity index (χ0) is 18.6. The van der Waals surface area contributed by atoms with Crippen molar-refractivity contribution in [2.45, 2.75) is 109 Å². The summed E-state index contributed by atoms with van der Waals surface area (Å²) >= 11 is 0. The third-order valence-electron chi connectivity index (χ3n) is 10.0. The molecule has 0 radical (unpaired) electrons. The van der Waals surface area contributed by atoms with E-state index in [2.05, 4.69) is 13.8 Å². The Labute approximate surface area is 165 Å². The van der Waals surface area contributed by atoms with Crippen LogP contribution in [0.1, 0.15) is 90.9 Å². The number of ether oxygens (including phenoxy) is 2. The minimum atomic E-state index is -0.0476. The van der Waals surface area contributed by atoms with E-state index in [9.17, 15) is 5.11 Å². The minimum absolute atomic E-state index is 0.0476. The molecule has 3 heteroatoms. The zero-order valence-electron chi connectivity index (χ0n) is 17.5. The van der Waals surface area contributed by atoms with E-state index >= 15 is 0 Å². The molecule has 4 saturated carbocycles. The maximum atomic E-state index is 10.6. The highest BCUT2D eigenvalue weighted by atomic mass is 16.7. The van der Waals surface area contributed by atoms with E-state index < -0.39 is 0 Å². The Kier molecular flexibility index (Phi) is 4.89. The monoisotopic (exact) mass is 376 g/mol. The van der Waals surface area contributed by atoms with Crippen molar-refractivity contribution in [3.8, 4) is 0 Å². The van der Waals surface area contributed by atoms with E-state index in [1.54, 1.807) is 0 Å². The van der Waals surface area contributed by atoms with Gasteiger partial charge in [-0.15, -0.1) is 0 Å². The van der Waals surface area contributed by atoms with Crippen LogP contribution in [0.5, 0.6) is 0 Å². The fraction of sp³-hybridized carbons (Fsp3) is 1.00. The number of rotatable bonds is 2. The molecule has 0 aromatic rings. The quantitative estimate of drug-likeness (QED) is 0.665. The van der Waals surface area contributed by atoms with Crippen molar-refractivity contribution in [1.29, 1.82) is 0 Å². The summed E-state index contributed by atoms with van der Waals surface area (Å²) in [6, 6.07) is 0. The second kappa shape index (κ2) is 6.99. The first kappa shape index (κ1) is 18.9. The van der Waals surface area contributed by atoms with Crippen LogP contribution in [0.3, 0.4) is 0 Å². The summed E-state index contributed by atoms with van der Waals surface area (Å²) in [5.41, 5.74) is 0.716. The van der Waals surface area contributed by atoms with E-state index in [0.29, 0.717) is 11.5 Å². The third-order valence-corrected chi connectivity index (χ3v) is 10.0. The van der Waals surface area contributed by atoms with Gasteiger partial charge in [0.05, 0.1) is 12.2 Å². The molecule has 3 nitrogen and oxygen atoms in total. The smallest absolute Gasteiger partial charge is 0.157 e. The van der Waals surface area contributed by atoms with Crippen LogP contribution < -0.4 is 0 Å². The van der Waals surface area contributed by atoms with Crippen molar-refractivity contribution >= 4 is 0 Å².